The van der Waals surface area contributed by atoms with Crippen molar-refractivity contribution in [2.24, 2.45) is 0 Å². The average molecular weight is 325 g/mol. The molecular formula is C17H27NO5. The lowest BCUT2D eigenvalue weighted by Crippen LogP contribution is -2.27. The van der Waals surface area contributed by atoms with Gasteiger partial charge in [0.05, 0.1) is 37.6 Å². The molecule has 6 nitrogen and oxygen atoms in total. The van der Waals surface area contributed by atoms with E-state index in [2.05, 4.69) is 0 Å². The number of rotatable bonds is 10. The van der Waals surface area contributed by atoms with E-state index in [4.69, 9.17) is 24.7 Å². The van der Waals surface area contributed by atoms with Gasteiger partial charge in [-0.3, -0.25) is 0 Å². The molecule has 0 radical (unpaired) electrons. The molecule has 0 aliphatic rings. The van der Waals surface area contributed by atoms with Crippen LogP contribution in [0, 0.1) is 0 Å². The monoisotopic (exact) mass is 325 g/mol. The second kappa shape index (κ2) is 10.2. The van der Waals surface area contributed by atoms with E-state index in [0.717, 1.165) is 0 Å². The van der Waals surface area contributed by atoms with E-state index in [1.807, 2.05) is 13.8 Å². The first-order valence-electron chi connectivity index (χ1n) is 7.71. The average Bonchev–Trinajstić information content (AvgIpc) is 2.51. The van der Waals surface area contributed by atoms with Crippen LogP contribution in [0.3, 0.4) is 0 Å². The van der Waals surface area contributed by atoms with Crippen LogP contribution in [0.5, 0.6) is 0 Å². The van der Waals surface area contributed by atoms with Gasteiger partial charge in [-0.25, -0.2) is 4.79 Å². The number of nitrogens with two attached hydrogens (primary N) is 1. The largest absolute Gasteiger partial charge is 0.457 e. The lowest BCUT2D eigenvalue weighted by Gasteiger charge is -2.19. The van der Waals surface area contributed by atoms with Crippen molar-refractivity contribution in [3.8, 4) is 0 Å². The summed E-state index contributed by atoms with van der Waals surface area (Å²) < 4.78 is 21.5. The Morgan fingerprint density at radius 2 is 1.57 bits per heavy atom. The Hall–Kier alpha value is -1.63. The number of methoxy groups -OCH3 is 1. The van der Waals surface area contributed by atoms with E-state index in [1.165, 1.54) is 0 Å². The van der Waals surface area contributed by atoms with Gasteiger partial charge < -0.3 is 24.7 Å². The first-order valence-corrected chi connectivity index (χ1v) is 7.71. The van der Waals surface area contributed by atoms with Gasteiger partial charge in [0.25, 0.3) is 0 Å². The van der Waals surface area contributed by atoms with Crippen LogP contribution in [0.15, 0.2) is 24.3 Å². The van der Waals surface area contributed by atoms with Crippen molar-refractivity contribution in [1.82, 2.24) is 0 Å². The normalized spacial score (nSPS) is 15.0. The van der Waals surface area contributed by atoms with Gasteiger partial charge in [-0.05, 0) is 32.9 Å². The molecule has 0 saturated carbocycles. The lowest BCUT2D eigenvalue weighted by atomic mass is 10.2. The number of benzene rings is 1. The maximum atomic E-state index is 12.0. The van der Waals surface area contributed by atoms with Gasteiger partial charge in [-0.15, -0.1) is 0 Å². The second-order valence-corrected chi connectivity index (χ2v) is 5.55. The molecule has 0 aliphatic carbocycles. The van der Waals surface area contributed by atoms with Gasteiger partial charge >= 0.3 is 5.97 Å². The van der Waals surface area contributed by atoms with Gasteiger partial charge in [-0.1, -0.05) is 12.1 Å². The van der Waals surface area contributed by atoms with Crippen LogP contribution in [0.2, 0.25) is 0 Å². The van der Waals surface area contributed by atoms with Crippen molar-refractivity contribution in [1.29, 1.82) is 0 Å². The molecular weight excluding hydrogens is 298 g/mol. The number of nitrogen functional groups attached to an aromatic ring is 1. The zero-order valence-corrected chi connectivity index (χ0v) is 14.3. The van der Waals surface area contributed by atoms with E-state index in [0.29, 0.717) is 31.1 Å². The third kappa shape index (κ3) is 7.45. The third-order valence-electron chi connectivity index (χ3n) is 3.12. The van der Waals surface area contributed by atoms with E-state index in [-0.39, 0.29) is 18.3 Å². The maximum absolute atomic E-state index is 12.0. The molecule has 130 valence electrons. The molecule has 1 aromatic rings. The van der Waals surface area contributed by atoms with E-state index in [1.54, 1.807) is 38.3 Å². The highest BCUT2D eigenvalue weighted by molar-refractivity contribution is 5.95. The Bertz CT molecular complexity index is 480. The summed E-state index contributed by atoms with van der Waals surface area (Å²) in [6, 6.07) is 6.82. The van der Waals surface area contributed by atoms with Crippen molar-refractivity contribution in [2.75, 3.05) is 32.7 Å². The molecule has 0 aromatic heterocycles. The number of ether oxygens (including phenoxy) is 4. The highest BCUT2D eigenvalue weighted by atomic mass is 16.6. The maximum Gasteiger partial charge on any atom is 0.340 e. The molecule has 23 heavy (non-hydrogen) atoms. The molecule has 0 spiro atoms. The quantitative estimate of drug-likeness (QED) is 0.525. The number of carbonyl (C=O) groups is 1. The molecule has 0 amide bonds. The second-order valence-electron chi connectivity index (χ2n) is 5.55. The highest BCUT2D eigenvalue weighted by Gasteiger charge is 2.16. The topological polar surface area (TPSA) is 80.0 Å². The fourth-order valence-corrected chi connectivity index (χ4v) is 1.89. The molecule has 1 aromatic carbocycles. The fourth-order valence-electron chi connectivity index (χ4n) is 1.89. The lowest BCUT2D eigenvalue weighted by molar-refractivity contribution is -0.0692. The number of hydrogen-bond acceptors (Lipinski definition) is 6. The van der Waals surface area contributed by atoms with Gasteiger partial charge in [0.15, 0.2) is 0 Å². The Morgan fingerprint density at radius 3 is 2.17 bits per heavy atom. The summed E-state index contributed by atoms with van der Waals surface area (Å²) in [4.78, 5) is 12.0. The highest BCUT2D eigenvalue weighted by Crippen LogP contribution is 2.13. The number of esters is 1. The fraction of sp³-hybridized carbons (Fsp3) is 0.588. The van der Waals surface area contributed by atoms with Crippen LogP contribution >= 0.6 is 0 Å². The van der Waals surface area contributed by atoms with Crippen LogP contribution in [0.4, 0.5) is 5.69 Å². The zero-order valence-electron chi connectivity index (χ0n) is 14.3. The molecule has 3 unspecified atom stereocenters. The van der Waals surface area contributed by atoms with E-state index >= 15 is 0 Å². The summed E-state index contributed by atoms with van der Waals surface area (Å²) in [6.07, 6.45) is -0.458. The van der Waals surface area contributed by atoms with Crippen molar-refractivity contribution >= 4 is 11.7 Å². The molecule has 3 atom stereocenters. The van der Waals surface area contributed by atoms with Crippen molar-refractivity contribution in [3.63, 3.8) is 0 Å². The number of anilines is 1. The van der Waals surface area contributed by atoms with E-state index in [9.17, 15) is 4.79 Å². The summed E-state index contributed by atoms with van der Waals surface area (Å²) >= 11 is 0. The molecule has 1 rings (SSSR count). The Balaban J connectivity index is 2.30. The predicted molar refractivity (Wildman–Crippen MR) is 88.4 cm³/mol. The van der Waals surface area contributed by atoms with Gasteiger partial charge in [0.1, 0.15) is 6.10 Å². The van der Waals surface area contributed by atoms with E-state index < -0.39 is 5.97 Å². The molecule has 0 aliphatic heterocycles. The summed E-state index contributed by atoms with van der Waals surface area (Å²) in [7, 11) is 1.63. The minimum Gasteiger partial charge on any atom is -0.457 e. The van der Waals surface area contributed by atoms with Crippen LogP contribution in [-0.4, -0.2) is 51.2 Å². The molecule has 0 bridgehead atoms. The minimum absolute atomic E-state index is 0.0161. The SMILES string of the molecule is COCC(C)OCC(C)OCC(C)OC(=O)c1ccccc1N. The molecule has 0 fully saturated rings. The number of para-hydroxylation sites is 1. The predicted octanol–water partition coefficient (Wildman–Crippen LogP) is 2.27. The van der Waals surface area contributed by atoms with Crippen LogP contribution in [0.25, 0.3) is 0 Å². The van der Waals surface area contributed by atoms with Crippen molar-refractivity contribution in [2.45, 2.75) is 39.1 Å². The first kappa shape index (κ1) is 19.4. The summed E-state index contributed by atoms with van der Waals surface area (Å²) in [5, 5.41) is 0. The Kier molecular flexibility index (Phi) is 8.61. The smallest absolute Gasteiger partial charge is 0.340 e. The molecule has 2 N–H and O–H groups in total. The number of carbonyl (C=O) groups excluding carboxylic acids is 1. The number of hydrogen-bond donors (Lipinski definition) is 1. The molecule has 0 saturated heterocycles. The van der Waals surface area contributed by atoms with Crippen molar-refractivity contribution < 1.29 is 23.7 Å². The third-order valence-corrected chi connectivity index (χ3v) is 3.12. The van der Waals surface area contributed by atoms with Crippen LogP contribution < -0.4 is 5.73 Å². The van der Waals surface area contributed by atoms with Crippen LogP contribution in [-0.2, 0) is 18.9 Å². The van der Waals surface area contributed by atoms with Gasteiger partial charge in [-0.2, -0.15) is 0 Å². The van der Waals surface area contributed by atoms with Crippen LogP contribution in [0.1, 0.15) is 31.1 Å². The zero-order chi connectivity index (χ0) is 17.2. The molecule has 0 heterocycles. The Morgan fingerprint density at radius 1 is 1.00 bits per heavy atom. The van der Waals surface area contributed by atoms with Gasteiger partial charge in [0.2, 0.25) is 0 Å². The van der Waals surface area contributed by atoms with Gasteiger partial charge in [0, 0.05) is 12.8 Å². The first-order chi connectivity index (χ1) is 10.9. The minimum atomic E-state index is -0.447. The molecule has 6 heteroatoms. The summed E-state index contributed by atoms with van der Waals surface area (Å²) in [5.74, 6) is -0.447. The standard InChI is InChI=1S/C17H27NO5/c1-12(9-20-4)21-10-13(2)22-11-14(3)23-17(19)15-7-5-6-8-16(15)18/h5-8,12-14H,9-11,18H2,1-4H3. The summed E-state index contributed by atoms with van der Waals surface area (Å²) in [6.45, 7) is 6.91. The Labute approximate surface area is 137 Å². The summed E-state index contributed by atoms with van der Waals surface area (Å²) in [5.41, 5.74) is 6.52. The van der Waals surface area contributed by atoms with Crippen molar-refractivity contribution in [3.05, 3.63) is 29.8 Å².